The predicted octanol–water partition coefficient (Wildman–Crippen LogP) is 2.39. The third-order valence-electron chi connectivity index (χ3n) is 3.03. The molecule has 0 fully saturated rings. The van der Waals surface area contributed by atoms with E-state index in [0.717, 1.165) is 38.4 Å². The van der Waals surface area contributed by atoms with Crippen LogP contribution in [-0.4, -0.2) is 44.2 Å². The van der Waals surface area contributed by atoms with Gasteiger partial charge in [0, 0.05) is 19.1 Å². The summed E-state index contributed by atoms with van der Waals surface area (Å²) in [7, 11) is 2.16. The van der Waals surface area contributed by atoms with Gasteiger partial charge in [0.2, 0.25) is 0 Å². The summed E-state index contributed by atoms with van der Waals surface area (Å²) in [6.45, 7) is 8.36. The lowest BCUT2D eigenvalue weighted by atomic mass is 10.3. The molecular formula is C15H26N2O. The Morgan fingerprint density at radius 1 is 1.17 bits per heavy atom. The zero-order valence-corrected chi connectivity index (χ0v) is 11.9. The molecule has 1 N–H and O–H groups in total. The second-order valence-electron chi connectivity index (χ2n) is 4.84. The minimum absolute atomic E-state index is 0.619. The standard InChI is InChI=1S/C15H26N2O/c1-14(2)17(3)12-11-16-10-7-13-18-15-8-5-4-6-9-15/h4-6,8-9,14,16H,7,10-13H2,1-3H3. The molecule has 1 rings (SSSR count). The van der Waals surface area contributed by atoms with Gasteiger partial charge in [0.15, 0.2) is 0 Å². The van der Waals surface area contributed by atoms with Crippen molar-refractivity contribution in [2.24, 2.45) is 0 Å². The van der Waals surface area contributed by atoms with Crippen LogP contribution < -0.4 is 10.1 Å². The van der Waals surface area contributed by atoms with E-state index >= 15 is 0 Å². The molecule has 0 bridgehead atoms. The van der Waals surface area contributed by atoms with Crippen molar-refractivity contribution >= 4 is 0 Å². The minimum Gasteiger partial charge on any atom is -0.494 e. The van der Waals surface area contributed by atoms with Crippen LogP contribution in [0.3, 0.4) is 0 Å². The number of nitrogens with zero attached hydrogens (tertiary/aromatic N) is 1. The Morgan fingerprint density at radius 3 is 2.56 bits per heavy atom. The van der Waals surface area contributed by atoms with Crippen LogP contribution >= 0.6 is 0 Å². The van der Waals surface area contributed by atoms with Crippen LogP contribution in [0.5, 0.6) is 5.75 Å². The van der Waals surface area contributed by atoms with Gasteiger partial charge in [-0.2, -0.15) is 0 Å². The number of likely N-dealkylation sites (N-methyl/N-ethyl adjacent to an activating group) is 1. The molecule has 0 saturated heterocycles. The fourth-order valence-electron chi connectivity index (χ4n) is 1.54. The Hall–Kier alpha value is -1.06. The monoisotopic (exact) mass is 250 g/mol. The molecule has 0 amide bonds. The molecule has 0 aliphatic carbocycles. The molecular weight excluding hydrogens is 224 g/mol. The van der Waals surface area contributed by atoms with Crippen molar-refractivity contribution in [2.75, 3.05) is 33.3 Å². The number of hydrogen-bond donors (Lipinski definition) is 1. The molecule has 0 atom stereocenters. The molecule has 0 aliphatic rings. The van der Waals surface area contributed by atoms with Gasteiger partial charge in [-0.3, -0.25) is 0 Å². The smallest absolute Gasteiger partial charge is 0.119 e. The van der Waals surface area contributed by atoms with E-state index in [1.165, 1.54) is 0 Å². The topological polar surface area (TPSA) is 24.5 Å². The summed E-state index contributed by atoms with van der Waals surface area (Å²) in [5.41, 5.74) is 0. The number of rotatable bonds is 9. The molecule has 0 unspecified atom stereocenters. The summed E-state index contributed by atoms with van der Waals surface area (Å²) < 4.78 is 5.62. The highest BCUT2D eigenvalue weighted by atomic mass is 16.5. The number of benzene rings is 1. The van der Waals surface area contributed by atoms with Crippen LogP contribution in [0.25, 0.3) is 0 Å². The molecule has 0 heterocycles. The zero-order chi connectivity index (χ0) is 13.2. The van der Waals surface area contributed by atoms with E-state index in [1.807, 2.05) is 30.3 Å². The zero-order valence-electron chi connectivity index (χ0n) is 11.9. The second-order valence-corrected chi connectivity index (χ2v) is 4.84. The number of hydrogen-bond acceptors (Lipinski definition) is 3. The van der Waals surface area contributed by atoms with Crippen molar-refractivity contribution in [1.82, 2.24) is 10.2 Å². The van der Waals surface area contributed by atoms with E-state index in [9.17, 15) is 0 Å². The summed E-state index contributed by atoms with van der Waals surface area (Å²) in [6.07, 6.45) is 1.04. The van der Waals surface area contributed by atoms with E-state index < -0.39 is 0 Å². The summed E-state index contributed by atoms with van der Waals surface area (Å²) in [5.74, 6) is 0.956. The maximum Gasteiger partial charge on any atom is 0.119 e. The van der Waals surface area contributed by atoms with Gasteiger partial charge in [0.1, 0.15) is 5.75 Å². The van der Waals surface area contributed by atoms with Crippen LogP contribution in [0.1, 0.15) is 20.3 Å². The highest BCUT2D eigenvalue weighted by molar-refractivity contribution is 5.20. The molecule has 1 aromatic carbocycles. The highest BCUT2D eigenvalue weighted by Crippen LogP contribution is 2.07. The molecule has 1 aromatic rings. The Morgan fingerprint density at radius 2 is 1.89 bits per heavy atom. The van der Waals surface area contributed by atoms with E-state index in [1.54, 1.807) is 0 Å². The first-order valence-corrected chi connectivity index (χ1v) is 6.79. The maximum atomic E-state index is 5.62. The Bertz CT molecular complexity index is 301. The molecule has 0 spiro atoms. The molecule has 3 nitrogen and oxygen atoms in total. The Labute approximate surface area is 111 Å². The van der Waals surface area contributed by atoms with E-state index in [-0.39, 0.29) is 0 Å². The fraction of sp³-hybridized carbons (Fsp3) is 0.600. The van der Waals surface area contributed by atoms with E-state index in [4.69, 9.17) is 4.74 Å². The third kappa shape index (κ3) is 6.62. The first kappa shape index (κ1) is 15.0. The molecule has 0 saturated carbocycles. The van der Waals surface area contributed by atoms with Gasteiger partial charge >= 0.3 is 0 Å². The summed E-state index contributed by atoms with van der Waals surface area (Å²) >= 11 is 0. The largest absolute Gasteiger partial charge is 0.494 e. The molecule has 102 valence electrons. The first-order valence-electron chi connectivity index (χ1n) is 6.79. The van der Waals surface area contributed by atoms with E-state index in [0.29, 0.717) is 6.04 Å². The van der Waals surface area contributed by atoms with Gasteiger partial charge in [-0.15, -0.1) is 0 Å². The predicted molar refractivity (Wildman–Crippen MR) is 77.2 cm³/mol. The lowest BCUT2D eigenvalue weighted by molar-refractivity contribution is 0.269. The normalized spacial score (nSPS) is 11.2. The van der Waals surface area contributed by atoms with Gasteiger partial charge in [0.25, 0.3) is 0 Å². The minimum atomic E-state index is 0.619. The Balaban J connectivity index is 1.93. The lowest BCUT2D eigenvalue weighted by Crippen LogP contribution is -2.34. The second kappa shape index (κ2) is 8.95. The molecule has 0 aromatic heterocycles. The van der Waals surface area contributed by atoms with Crippen LogP contribution in [0.15, 0.2) is 30.3 Å². The van der Waals surface area contributed by atoms with Crippen LogP contribution in [0, 0.1) is 0 Å². The van der Waals surface area contributed by atoms with Gasteiger partial charge in [-0.25, -0.2) is 0 Å². The molecule has 18 heavy (non-hydrogen) atoms. The summed E-state index contributed by atoms with van der Waals surface area (Å²) in [6, 6.07) is 10.6. The SMILES string of the molecule is CC(C)N(C)CCNCCCOc1ccccc1. The van der Waals surface area contributed by atoms with Crippen molar-refractivity contribution in [2.45, 2.75) is 26.3 Å². The van der Waals surface area contributed by atoms with Gasteiger partial charge in [-0.1, -0.05) is 18.2 Å². The quantitative estimate of drug-likeness (QED) is 0.681. The number of para-hydroxylation sites is 1. The van der Waals surface area contributed by atoms with Crippen molar-refractivity contribution in [1.29, 1.82) is 0 Å². The van der Waals surface area contributed by atoms with Gasteiger partial charge in [-0.05, 0) is 46.0 Å². The van der Waals surface area contributed by atoms with Gasteiger partial charge < -0.3 is 15.0 Å². The van der Waals surface area contributed by atoms with Gasteiger partial charge in [0.05, 0.1) is 6.61 Å². The maximum absolute atomic E-state index is 5.62. The Kier molecular flexibility index (Phi) is 7.46. The fourth-order valence-corrected chi connectivity index (χ4v) is 1.54. The molecule has 3 heteroatoms. The van der Waals surface area contributed by atoms with Crippen LogP contribution in [0.4, 0.5) is 0 Å². The molecule has 0 aliphatic heterocycles. The van der Waals surface area contributed by atoms with Crippen LogP contribution in [0.2, 0.25) is 0 Å². The summed E-state index contributed by atoms with van der Waals surface area (Å²) in [4.78, 5) is 2.34. The lowest BCUT2D eigenvalue weighted by Gasteiger charge is -2.20. The van der Waals surface area contributed by atoms with Crippen molar-refractivity contribution in [3.63, 3.8) is 0 Å². The van der Waals surface area contributed by atoms with Crippen LogP contribution in [-0.2, 0) is 0 Å². The average Bonchev–Trinajstić information content (AvgIpc) is 2.38. The third-order valence-corrected chi connectivity index (χ3v) is 3.03. The first-order chi connectivity index (χ1) is 8.70. The van der Waals surface area contributed by atoms with E-state index in [2.05, 4.69) is 31.1 Å². The van der Waals surface area contributed by atoms with Crippen molar-refractivity contribution in [3.05, 3.63) is 30.3 Å². The van der Waals surface area contributed by atoms with Crippen molar-refractivity contribution in [3.8, 4) is 5.75 Å². The van der Waals surface area contributed by atoms with Crippen molar-refractivity contribution < 1.29 is 4.74 Å². The number of nitrogens with one attached hydrogen (secondary N) is 1. The summed E-state index contributed by atoms with van der Waals surface area (Å²) in [5, 5.41) is 3.44. The highest BCUT2D eigenvalue weighted by Gasteiger charge is 2.01. The average molecular weight is 250 g/mol. The molecule has 0 radical (unpaired) electrons. The number of ether oxygens (including phenoxy) is 1.